The molecule has 0 aliphatic rings. The van der Waals surface area contributed by atoms with Gasteiger partial charge in [0.2, 0.25) is 0 Å². The van der Waals surface area contributed by atoms with Gasteiger partial charge in [-0.3, -0.25) is 0 Å². The number of urea groups is 1. The Balaban J connectivity index is 2.03. The summed E-state index contributed by atoms with van der Waals surface area (Å²) < 4.78 is 1.66. The fourth-order valence-electron chi connectivity index (χ4n) is 1.87. The molecule has 1 aromatic carbocycles. The monoisotopic (exact) mass is 303 g/mol. The second-order valence-corrected chi connectivity index (χ2v) is 5.24. The zero-order chi connectivity index (χ0) is 16.1. The molecule has 2 rings (SSSR count). The highest BCUT2D eigenvalue weighted by molar-refractivity contribution is 5.74. The number of nitrogens with zero attached hydrogens (tertiary/aromatic N) is 4. The number of amides is 2. The van der Waals surface area contributed by atoms with Crippen molar-refractivity contribution in [3.8, 4) is 5.69 Å². The van der Waals surface area contributed by atoms with Crippen molar-refractivity contribution < 1.29 is 9.90 Å². The Bertz CT molecular complexity index is 613. The number of aliphatic hydroxyl groups excluding tert-OH is 1. The van der Waals surface area contributed by atoms with Crippen LogP contribution in [0.25, 0.3) is 5.69 Å². The Morgan fingerprint density at radius 1 is 1.36 bits per heavy atom. The van der Waals surface area contributed by atoms with Gasteiger partial charge in [-0.2, -0.15) is 0 Å². The summed E-state index contributed by atoms with van der Waals surface area (Å²) in [5, 5.41) is 20.1. The minimum atomic E-state index is -0.279. The van der Waals surface area contributed by atoms with Gasteiger partial charge in [-0.25, -0.2) is 9.48 Å². The predicted octanol–water partition coefficient (Wildman–Crippen LogP) is 1.35. The lowest BCUT2D eigenvalue weighted by Crippen LogP contribution is -2.44. The number of aromatic nitrogens is 3. The van der Waals surface area contributed by atoms with Gasteiger partial charge < -0.3 is 15.3 Å². The Morgan fingerprint density at radius 2 is 2.05 bits per heavy atom. The third kappa shape index (κ3) is 3.62. The van der Waals surface area contributed by atoms with Gasteiger partial charge in [0.05, 0.1) is 30.6 Å². The highest BCUT2D eigenvalue weighted by atomic mass is 16.3. The van der Waals surface area contributed by atoms with Crippen LogP contribution in [0, 0.1) is 0 Å². The molecule has 0 radical (unpaired) electrons. The van der Waals surface area contributed by atoms with Crippen LogP contribution in [0.5, 0.6) is 0 Å². The number of hydrogen-bond donors (Lipinski definition) is 2. The highest BCUT2D eigenvalue weighted by Gasteiger charge is 2.19. The molecule has 0 aliphatic carbocycles. The minimum Gasteiger partial charge on any atom is -0.394 e. The minimum absolute atomic E-state index is 0.0809. The molecule has 2 aromatic rings. The van der Waals surface area contributed by atoms with Crippen LogP contribution in [-0.4, -0.2) is 50.7 Å². The van der Waals surface area contributed by atoms with Gasteiger partial charge in [0.25, 0.3) is 0 Å². The lowest BCUT2D eigenvalue weighted by atomic mass is 10.2. The molecule has 1 aromatic heterocycles. The molecule has 2 atom stereocenters. The average Bonchev–Trinajstić information content (AvgIpc) is 3.04. The molecule has 118 valence electrons. The number of carbonyl (C=O) groups excluding carboxylic acids is 1. The van der Waals surface area contributed by atoms with Crippen LogP contribution in [0.4, 0.5) is 4.79 Å². The van der Waals surface area contributed by atoms with Crippen LogP contribution in [-0.2, 0) is 0 Å². The van der Waals surface area contributed by atoms with Crippen molar-refractivity contribution >= 4 is 6.03 Å². The molecular formula is C15H21N5O2. The normalized spacial score (nSPS) is 13.5. The SMILES string of the molecule is CC(NC(=O)N(C)C(C)CO)c1cn(-c2ccccc2)nn1. The summed E-state index contributed by atoms with van der Waals surface area (Å²) in [6.45, 7) is 3.53. The van der Waals surface area contributed by atoms with Crippen LogP contribution in [0.15, 0.2) is 36.5 Å². The third-order valence-electron chi connectivity index (χ3n) is 3.56. The van der Waals surface area contributed by atoms with Gasteiger partial charge in [0.15, 0.2) is 0 Å². The zero-order valence-electron chi connectivity index (χ0n) is 13.0. The van der Waals surface area contributed by atoms with E-state index in [0.717, 1.165) is 5.69 Å². The first-order chi connectivity index (χ1) is 10.5. The Morgan fingerprint density at radius 3 is 2.68 bits per heavy atom. The van der Waals surface area contributed by atoms with E-state index < -0.39 is 0 Å². The van der Waals surface area contributed by atoms with Crippen molar-refractivity contribution in [1.82, 2.24) is 25.2 Å². The molecule has 0 saturated heterocycles. The number of nitrogens with one attached hydrogen (secondary N) is 1. The van der Waals surface area contributed by atoms with Crippen molar-refractivity contribution in [2.45, 2.75) is 25.9 Å². The van der Waals surface area contributed by atoms with E-state index in [1.54, 1.807) is 24.9 Å². The fourth-order valence-corrected chi connectivity index (χ4v) is 1.87. The van der Waals surface area contributed by atoms with E-state index in [1.807, 2.05) is 37.3 Å². The summed E-state index contributed by atoms with van der Waals surface area (Å²) in [5.41, 5.74) is 1.58. The Kier molecular flexibility index (Phi) is 5.11. The van der Waals surface area contributed by atoms with E-state index in [1.165, 1.54) is 4.90 Å². The fraction of sp³-hybridized carbons (Fsp3) is 0.400. The number of para-hydroxylation sites is 1. The molecule has 0 saturated carbocycles. The number of benzene rings is 1. The van der Waals surface area contributed by atoms with Gasteiger partial charge in [-0.1, -0.05) is 23.4 Å². The zero-order valence-corrected chi connectivity index (χ0v) is 13.0. The van der Waals surface area contributed by atoms with Gasteiger partial charge in [-0.05, 0) is 26.0 Å². The van der Waals surface area contributed by atoms with Crippen molar-refractivity contribution in [2.75, 3.05) is 13.7 Å². The maximum Gasteiger partial charge on any atom is 0.317 e. The standard InChI is InChI=1S/C15H21N5O2/c1-11(10-21)19(3)15(22)16-12(2)14-9-20(18-17-14)13-7-5-4-6-8-13/h4-9,11-12,21H,10H2,1-3H3,(H,16,22). The van der Waals surface area contributed by atoms with E-state index in [-0.39, 0.29) is 24.7 Å². The van der Waals surface area contributed by atoms with Crippen LogP contribution in [0.2, 0.25) is 0 Å². The molecule has 7 nitrogen and oxygen atoms in total. The maximum absolute atomic E-state index is 12.1. The molecule has 1 heterocycles. The second kappa shape index (κ2) is 7.04. The number of carbonyl (C=O) groups is 1. The van der Waals surface area contributed by atoms with Crippen molar-refractivity contribution in [3.05, 3.63) is 42.2 Å². The first kappa shape index (κ1) is 16.0. The molecule has 0 fully saturated rings. The average molecular weight is 303 g/mol. The molecule has 2 amide bonds. The van der Waals surface area contributed by atoms with Gasteiger partial charge in [-0.15, -0.1) is 5.10 Å². The largest absolute Gasteiger partial charge is 0.394 e. The van der Waals surface area contributed by atoms with Crippen LogP contribution in [0.3, 0.4) is 0 Å². The summed E-state index contributed by atoms with van der Waals surface area (Å²) in [7, 11) is 1.64. The molecule has 0 aliphatic heterocycles. The van der Waals surface area contributed by atoms with Crippen molar-refractivity contribution in [3.63, 3.8) is 0 Å². The summed E-state index contributed by atoms with van der Waals surface area (Å²) in [4.78, 5) is 13.5. The van der Waals surface area contributed by atoms with Crippen molar-refractivity contribution in [2.24, 2.45) is 0 Å². The summed E-state index contributed by atoms with van der Waals surface area (Å²) >= 11 is 0. The predicted molar refractivity (Wildman–Crippen MR) is 82.6 cm³/mol. The quantitative estimate of drug-likeness (QED) is 0.873. The lowest BCUT2D eigenvalue weighted by molar-refractivity contribution is 0.155. The number of aliphatic hydroxyl groups is 1. The van der Waals surface area contributed by atoms with Gasteiger partial charge in [0, 0.05) is 7.05 Å². The molecule has 0 spiro atoms. The summed E-state index contributed by atoms with van der Waals surface area (Å²) in [6, 6.07) is 8.85. The highest BCUT2D eigenvalue weighted by Crippen LogP contribution is 2.12. The Hall–Kier alpha value is -2.41. The molecule has 2 N–H and O–H groups in total. The maximum atomic E-state index is 12.1. The smallest absolute Gasteiger partial charge is 0.317 e. The molecule has 7 heteroatoms. The molecule has 0 bridgehead atoms. The van der Waals surface area contributed by atoms with E-state index >= 15 is 0 Å². The van der Waals surface area contributed by atoms with E-state index in [2.05, 4.69) is 15.6 Å². The van der Waals surface area contributed by atoms with Crippen LogP contribution >= 0.6 is 0 Å². The van der Waals surface area contributed by atoms with Gasteiger partial charge >= 0.3 is 6.03 Å². The molecular weight excluding hydrogens is 282 g/mol. The number of likely N-dealkylation sites (N-methyl/N-ethyl adjacent to an activating group) is 1. The van der Waals surface area contributed by atoms with Crippen molar-refractivity contribution in [1.29, 1.82) is 0 Å². The first-order valence-corrected chi connectivity index (χ1v) is 7.14. The van der Waals surface area contributed by atoms with Gasteiger partial charge in [0.1, 0.15) is 5.69 Å². The topological polar surface area (TPSA) is 83.3 Å². The van der Waals surface area contributed by atoms with E-state index in [4.69, 9.17) is 5.11 Å². The molecule has 2 unspecified atom stereocenters. The van der Waals surface area contributed by atoms with E-state index in [9.17, 15) is 4.79 Å². The second-order valence-electron chi connectivity index (χ2n) is 5.24. The molecule has 22 heavy (non-hydrogen) atoms. The van der Waals surface area contributed by atoms with Crippen LogP contribution < -0.4 is 5.32 Å². The van der Waals surface area contributed by atoms with Crippen LogP contribution in [0.1, 0.15) is 25.6 Å². The summed E-state index contributed by atoms with van der Waals surface area (Å²) in [5.74, 6) is 0. The number of rotatable bonds is 5. The number of hydrogen-bond acceptors (Lipinski definition) is 4. The van der Waals surface area contributed by atoms with E-state index in [0.29, 0.717) is 5.69 Å². The first-order valence-electron chi connectivity index (χ1n) is 7.14. The third-order valence-corrected chi connectivity index (χ3v) is 3.56. The summed E-state index contributed by atoms with van der Waals surface area (Å²) in [6.07, 6.45) is 1.79. The lowest BCUT2D eigenvalue weighted by Gasteiger charge is -2.25. The Labute approximate surface area is 129 Å².